The van der Waals surface area contributed by atoms with Crippen molar-refractivity contribution < 1.29 is 14.6 Å². The van der Waals surface area contributed by atoms with E-state index < -0.39 is 17.3 Å². The second-order valence-corrected chi connectivity index (χ2v) is 7.74. The SMILES string of the molecule is O=CNc1nccn(CC(O)COC(c2ccccc2)(c2ccccc2)c2ccccc2)c1=O. The number of nitrogens with zero attached hydrogens (tertiary/aromatic N) is 2. The number of hydrogen-bond donors (Lipinski definition) is 2. The van der Waals surface area contributed by atoms with Crippen LogP contribution in [-0.4, -0.2) is 33.8 Å². The molecular formula is C27H25N3O4. The van der Waals surface area contributed by atoms with Crippen molar-refractivity contribution in [3.63, 3.8) is 0 Å². The summed E-state index contributed by atoms with van der Waals surface area (Å²) in [7, 11) is 0. The van der Waals surface area contributed by atoms with Crippen molar-refractivity contribution >= 4 is 12.2 Å². The standard InChI is InChI=1S/C27H25N3O4/c31-20-29-25-26(33)30(17-16-28-25)18-24(32)19-34-27(21-10-4-1-5-11-21,22-12-6-2-7-13-22)23-14-8-3-9-15-23/h1-17,20,24,32H,18-19H2,(H,28,29,31). The van der Waals surface area contributed by atoms with Gasteiger partial charge in [-0.15, -0.1) is 0 Å². The van der Waals surface area contributed by atoms with Crippen molar-refractivity contribution in [1.82, 2.24) is 9.55 Å². The van der Waals surface area contributed by atoms with Crippen molar-refractivity contribution in [1.29, 1.82) is 0 Å². The highest BCUT2D eigenvalue weighted by Crippen LogP contribution is 2.40. The first kappa shape index (κ1) is 23.1. The molecule has 0 radical (unpaired) electrons. The summed E-state index contributed by atoms with van der Waals surface area (Å²) in [6, 6.07) is 29.5. The zero-order valence-corrected chi connectivity index (χ0v) is 18.5. The van der Waals surface area contributed by atoms with E-state index in [1.54, 1.807) is 0 Å². The number of aliphatic hydroxyl groups excluding tert-OH is 1. The lowest BCUT2D eigenvalue weighted by Crippen LogP contribution is -2.37. The van der Waals surface area contributed by atoms with Gasteiger partial charge in [-0.2, -0.15) is 0 Å². The van der Waals surface area contributed by atoms with E-state index in [2.05, 4.69) is 10.3 Å². The van der Waals surface area contributed by atoms with Gasteiger partial charge in [0, 0.05) is 12.4 Å². The fourth-order valence-corrected chi connectivity index (χ4v) is 4.02. The highest BCUT2D eigenvalue weighted by molar-refractivity contribution is 5.67. The van der Waals surface area contributed by atoms with Crippen molar-refractivity contribution in [3.05, 3.63) is 130 Å². The van der Waals surface area contributed by atoms with Crippen LogP contribution >= 0.6 is 0 Å². The van der Waals surface area contributed by atoms with Gasteiger partial charge in [0.1, 0.15) is 5.60 Å². The van der Waals surface area contributed by atoms with Gasteiger partial charge in [-0.3, -0.25) is 9.59 Å². The van der Waals surface area contributed by atoms with Crippen LogP contribution in [0, 0.1) is 0 Å². The van der Waals surface area contributed by atoms with Crippen LogP contribution in [0.25, 0.3) is 0 Å². The Balaban J connectivity index is 1.69. The van der Waals surface area contributed by atoms with E-state index in [1.165, 1.54) is 17.0 Å². The number of aromatic nitrogens is 2. The molecule has 1 heterocycles. The highest BCUT2D eigenvalue weighted by atomic mass is 16.5. The number of nitrogens with one attached hydrogen (secondary N) is 1. The molecule has 1 amide bonds. The number of hydrogen-bond acceptors (Lipinski definition) is 5. The Hall–Kier alpha value is -4.07. The fourth-order valence-electron chi connectivity index (χ4n) is 4.02. The Labute approximate surface area is 197 Å². The van der Waals surface area contributed by atoms with Gasteiger partial charge in [-0.1, -0.05) is 91.0 Å². The zero-order chi connectivity index (χ0) is 23.8. The average Bonchev–Trinajstić information content (AvgIpc) is 2.89. The topological polar surface area (TPSA) is 93.5 Å². The number of aliphatic hydroxyl groups is 1. The molecule has 0 fully saturated rings. The summed E-state index contributed by atoms with van der Waals surface area (Å²) in [6.45, 7) is -0.0762. The van der Waals surface area contributed by atoms with E-state index in [0.717, 1.165) is 16.7 Å². The monoisotopic (exact) mass is 455 g/mol. The maximum absolute atomic E-state index is 12.5. The molecule has 2 N–H and O–H groups in total. The Kier molecular flexibility index (Phi) is 7.27. The van der Waals surface area contributed by atoms with Gasteiger partial charge in [0.05, 0.1) is 19.3 Å². The van der Waals surface area contributed by atoms with E-state index in [-0.39, 0.29) is 19.0 Å². The lowest BCUT2D eigenvalue weighted by Gasteiger charge is -2.36. The Morgan fingerprint density at radius 3 is 1.88 bits per heavy atom. The number of amides is 1. The van der Waals surface area contributed by atoms with Crippen LogP contribution in [0.3, 0.4) is 0 Å². The molecule has 1 aromatic heterocycles. The minimum atomic E-state index is -1.00. The molecule has 4 aromatic rings. The van der Waals surface area contributed by atoms with Gasteiger partial charge in [0.15, 0.2) is 5.82 Å². The first-order valence-electron chi connectivity index (χ1n) is 10.9. The lowest BCUT2D eigenvalue weighted by molar-refractivity contribution is -0.105. The van der Waals surface area contributed by atoms with Gasteiger partial charge in [0.25, 0.3) is 5.56 Å². The summed E-state index contributed by atoms with van der Waals surface area (Å²) >= 11 is 0. The van der Waals surface area contributed by atoms with Crippen LogP contribution in [0.4, 0.5) is 5.82 Å². The molecule has 3 aromatic carbocycles. The van der Waals surface area contributed by atoms with Crippen LogP contribution in [0.2, 0.25) is 0 Å². The second-order valence-electron chi connectivity index (χ2n) is 7.74. The molecule has 34 heavy (non-hydrogen) atoms. The molecule has 0 saturated carbocycles. The molecular weight excluding hydrogens is 430 g/mol. The first-order valence-corrected chi connectivity index (χ1v) is 10.9. The maximum Gasteiger partial charge on any atom is 0.293 e. The van der Waals surface area contributed by atoms with Gasteiger partial charge in [-0.25, -0.2) is 4.98 Å². The molecule has 0 bridgehead atoms. The van der Waals surface area contributed by atoms with Crippen LogP contribution in [0.1, 0.15) is 16.7 Å². The largest absolute Gasteiger partial charge is 0.389 e. The lowest BCUT2D eigenvalue weighted by atomic mass is 9.80. The summed E-state index contributed by atoms with van der Waals surface area (Å²) in [4.78, 5) is 27.0. The number of carbonyl (C=O) groups is 1. The van der Waals surface area contributed by atoms with Crippen molar-refractivity contribution in [2.24, 2.45) is 0 Å². The summed E-state index contributed by atoms with van der Waals surface area (Å²) in [5, 5.41) is 13.1. The number of ether oxygens (including phenoxy) is 1. The van der Waals surface area contributed by atoms with Crippen LogP contribution in [0.15, 0.2) is 108 Å². The Morgan fingerprint density at radius 1 is 0.912 bits per heavy atom. The van der Waals surface area contributed by atoms with Crippen molar-refractivity contribution in [3.8, 4) is 0 Å². The number of anilines is 1. The molecule has 7 nitrogen and oxygen atoms in total. The van der Waals surface area contributed by atoms with E-state index in [0.29, 0.717) is 6.41 Å². The molecule has 4 rings (SSSR count). The van der Waals surface area contributed by atoms with E-state index >= 15 is 0 Å². The summed E-state index contributed by atoms with van der Waals surface area (Å²) in [5.74, 6) is -0.0992. The maximum atomic E-state index is 12.5. The third kappa shape index (κ3) is 4.80. The predicted octanol–water partition coefficient (Wildman–Crippen LogP) is 3.18. The molecule has 0 saturated heterocycles. The van der Waals surface area contributed by atoms with Gasteiger partial charge in [-0.05, 0) is 16.7 Å². The molecule has 0 aliphatic carbocycles. The molecule has 1 unspecified atom stereocenters. The number of rotatable bonds is 10. The second kappa shape index (κ2) is 10.7. The quantitative estimate of drug-likeness (QED) is 0.283. The fraction of sp³-hybridized carbons (Fsp3) is 0.148. The molecule has 172 valence electrons. The zero-order valence-electron chi connectivity index (χ0n) is 18.5. The molecule has 0 aliphatic heterocycles. The minimum Gasteiger partial charge on any atom is -0.389 e. The van der Waals surface area contributed by atoms with Crippen molar-refractivity contribution in [2.75, 3.05) is 11.9 Å². The third-order valence-electron chi connectivity index (χ3n) is 5.55. The average molecular weight is 456 g/mol. The molecule has 1 atom stereocenters. The number of benzene rings is 3. The molecule has 0 spiro atoms. The van der Waals surface area contributed by atoms with Gasteiger partial charge < -0.3 is 19.7 Å². The van der Waals surface area contributed by atoms with E-state index in [1.807, 2.05) is 91.0 Å². The summed E-state index contributed by atoms with van der Waals surface area (Å²) in [6.07, 6.45) is 2.24. The van der Waals surface area contributed by atoms with Gasteiger partial charge in [0.2, 0.25) is 6.41 Å². The summed E-state index contributed by atoms with van der Waals surface area (Å²) in [5.41, 5.74) is 1.27. The molecule has 7 heteroatoms. The van der Waals surface area contributed by atoms with Crippen LogP contribution < -0.4 is 10.9 Å². The summed E-state index contributed by atoms with van der Waals surface area (Å²) < 4.78 is 7.88. The van der Waals surface area contributed by atoms with E-state index in [4.69, 9.17) is 4.74 Å². The minimum absolute atomic E-state index is 0.0245. The van der Waals surface area contributed by atoms with Gasteiger partial charge >= 0.3 is 0 Å². The van der Waals surface area contributed by atoms with Crippen molar-refractivity contribution in [2.45, 2.75) is 18.2 Å². The van der Waals surface area contributed by atoms with E-state index in [9.17, 15) is 14.7 Å². The highest BCUT2D eigenvalue weighted by Gasteiger charge is 2.38. The predicted molar refractivity (Wildman–Crippen MR) is 129 cm³/mol. The Morgan fingerprint density at radius 2 is 1.41 bits per heavy atom. The third-order valence-corrected chi connectivity index (χ3v) is 5.55. The Bertz CT molecular complexity index is 1160. The normalized spacial score (nSPS) is 12.1. The molecule has 0 aliphatic rings. The van der Waals surface area contributed by atoms with Crippen LogP contribution in [-0.2, 0) is 21.7 Å². The smallest absolute Gasteiger partial charge is 0.293 e. The first-order chi connectivity index (χ1) is 16.6. The number of carbonyl (C=O) groups excluding carboxylic acids is 1. The van der Waals surface area contributed by atoms with Crippen LogP contribution in [0.5, 0.6) is 0 Å².